The van der Waals surface area contributed by atoms with Crippen molar-refractivity contribution in [2.75, 3.05) is 11.9 Å². The molecule has 8 nitrogen and oxygen atoms in total. The number of carbonyl (C=O) groups is 1. The summed E-state index contributed by atoms with van der Waals surface area (Å²) in [6.07, 6.45) is 4.92. The van der Waals surface area contributed by atoms with E-state index in [0.29, 0.717) is 49.1 Å². The van der Waals surface area contributed by atoms with Gasteiger partial charge in [0, 0.05) is 5.69 Å². The van der Waals surface area contributed by atoms with E-state index in [1.165, 1.54) is 6.20 Å². The second kappa shape index (κ2) is 6.02. The van der Waals surface area contributed by atoms with Gasteiger partial charge in [-0.25, -0.2) is 23.2 Å². The van der Waals surface area contributed by atoms with Crippen molar-refractivity contribution in [1.82, 2.24) is 9.78 Å². The summed E-state index contributed by atoms with van der Waals surface area (Å²) in [6.45, 7) is 2.30. The van der Waals surface area contributed by atoms with Crippen molar-refractivity contribution in [1.29, 1.82) is 0 Å². The number of amides is 2. The molecule has 0 saturated carbocycles. The van der Waals surface area contributed by atoms with Crippen molar-refractivity contribution in [3.05, 3.63) is 34.3 Å². The van der Waals surface area contributed by atoms with Crippen LogP contribution in [0.5, 0.6) is 5.88 Å². The molecule has 1 unspecified atom stereocenters. The zero-order chi connectivity index (χ0) is 19.6. The Bertz CT molecular complexity index is 1150. The summed E-state index contributed by atoms with van der Waals surface area (Å²) in [7, 11) is -3.53. The fourth-order valence-corrected chi connectivity index (χ4v) is 5.22. The molecule has 0 radical (unpaired) electrons. The third-order valence-corrected chi connectivity index (χ3v) is 7.05. The third kappa shape index (κ3) is 2.47. The van der Waals surface area contributed by atoms with Gasteiger partial charge in [0.15, 0.2) is 9.92 Å². The number of rotatable bonds is 2. The standard InChI is InChI=1S/C18H20FN5O3S/c1-9-8-27-17-14(7-21-24(9)17)28(20,26)23-18(25)22-16-12-4-2-3-10(12)15(19)11-5-6-13(11)16/h7,9H,2-6,8H2,1H3,(H3,20,22,23,25,26)/t9-,28?/m1/s1. The number of nitrogens with one attached hydrogen (secondary N) is 1. The molecule has 10 heteroatoms. The molecule has 1 aliphatic heterocycles. The summed E-state index contributed by atoms with van der Waals surface area (Å²) in [5, 5.41) is 12.7. The number of ether oxygens (including phenoxy) is 1. The SMILES string of the molecule is C[C@@H]1COc2c(S(N)(=O)=NC(=O)Nc3c4c(c(F)c5c3CC5)CCC4)cnn21. The van der Waals surface area contributed by atoms with E-state index in [2.05, 4.69) is 14.8 Å². The number of hydrogen-bond donors (Lipinski definition) is 2. The number of carbonyl (C=O) groups excluding carboxylic acids is 1. The predicted molar refractivity (Wildman–Crippen MR) is 100 cm³/mol. The Hall–Kier alpha value is -2.46. The van der Waals surface area contributed by atoms with Gasteiger partial charge in [-0.1, -0.05) is 0 Å². The van der Waals surface area contributed by atoms with Crippen LogP contribution >= 0.6 is 0 Å². The molecule has 2 aliphatic carbocycles. The summed E-state index contributed by atoms with van der Waals surface area (Å²) in [5.41, 5.74) is 3.60. The molecular formula is C18H20FN5O3S. The van der Waals surface area contributed by atoms with E-state index in [1.807, 2.05) is 6.92 Å². The topological polar surface area (TPSA) is 112 Å². The molecule has 0 bridgehead atoms. The Balaban J connectivity index is 1.49. The molecule has 2 heterocycles. The summed E-state index contributed by atoms with van der Waals surface area (Å²) in [5.74, 6) is 0.149. The molecule has 28 heavy (non-hydrogen) atoms. The fourth-order valence-electron chi connectivity index (χ4n) is 4.23. The summed E-state index contributed by atoms with van der Waals surface area (Å²) in [6, 6.07) is -0.818. The van der Waals surface area contributed by atoms with Gasteiger partial charge < -0.3 is 10.1 Å². The number of urea groups is 1. The van der Waals surface area contributed by atoms with Gasteiger partial charge in [-0.3, -0.25) is 0 Å². The maximum absolute atomic E-state index is 14.5. The number of benzene rings is 1. The van der Waals surface area contributed by atoms with Crippen molar-refractivity contribution in [2.45, 2.75) is 50.0 Å². The first kappa shape index (κ1) is 17.6. The maximum Gasteiger partial charge on any atom is 0.354 e. The quantitative estimate of drug-likeness (QED) is 0.799. The first-order chi connectivity index (χ1) is 13.4. The summed E-state index contributed by atoms with van der Waals surface area (Å²) < 4.78 is 38.2. The van der Waals surface area contributed by atoms with Crippen molar-refractivity contribution < 1.29 is 18.1 Å². The molecule has 1 aromatic heterocycles. The van der Waals surface area contributed by atoms with E-state index in [4.69, 9.17) is 9.88 Å². The molecule has 2 amide bonds. The Morgan fingerprint density at radius 1 is 1.32 bits per heavy atom. The third-order valence-electron chi connectivity index (χ3n) is 5.70. The van der Waals surface area contributed by atoms with Gasteiger partial charge in [0.25, 0.3) is 0 Å². The maximum atomic E-state index is 14.5. The highest BCUT2D eigenvalue weighted by atomic mass is 32.2. The largest absolute Gasteiger partial charge is 0.475 e. The predicted octanol–water partition coefficient (Wildman–Crippen LogP) is 2.50. The molecule has 0 fully saturated rings. The molecule has 5 rings (SSSR count). The number of nitrogens with zero attached hydrogens (tertiary/aromatic N) is 3. The van der Waals surface area contributed by atoms with E-state index in [0.717, 1.165) is 17.5 Å². The monoisotopic (exact) mass is 405 g/mol. The molecule has 3 aliphatic rings. The minimum absolute atomic E-state index is 0.00610. The van der Waals surface area contributed by atoms with Crippen LogP contribution in [0, 0.1) is 5.82 Å². The Kier molecular flexibility index (Phi) is 3.79. The van der Waals surface area contributed by atoms with Crippen LogP contribution in [0.25, 0.3) is 0 Å². The van der Waals surface area contributed by atoms with Crippen LogP contribution in [0.2, 0.25) is 0 Å². The first-order valence-electron chi connectivity index (χ1n) is 9.28. The highest BCUT2D eigenvalue weighted by molar-refractivity contribution is 7.91. The lowest BCUT2D eigenvalue weighted by Crippen LogP contribution is -2.22. The number of halogens is 1. The van der Waals surface area contributed by atoms with E-state index in [1.54, 1.807) is 4.68 Å². The lowest BCUT2D eigenvalue weighted by atomic mass is 9.83. The highest BCUT2D eigenvalue weighted by Gasteiger charge is 2.32. The number of anilines is 1. The Morgan fingerprint density at radius 3 is 2.75 bits per heavy atom. The first-order valence-corrected chi connectivity index (χ1v) is 10.9. The smallest absolute Gasteiger partial charge is 0.354 e. The minimum Gasteiger partial charge on any atom is -0.475 e. The van der Waals surface area contributed by atoms with Crippen LogP contribution in [-0.2, 0) is 35.6 Å². The minimum atomic E-state index is -3.53. The lowest BCUT2D eigenvalue weighted by Gasteiger charge is -2.26. The molecule has 1 aromatic carbocycles. The molecule has 3 N–H and O–H groups in total. The molecular weight excluding hydrogens is 385 g/mol. The average Bonchev–Trinajstić information content (AvgIpc) is 3.29. The summed E-state index contributed by atoms with van der Waals surface area (Å²) >= 11 is 0. The van der Waals surface area contributed by atoms with E-state index in [9.17, 15) is 13.4 Å². The summed E-state index contributed by atoms with van der Waals surface area (Å²) in [4.78, 5) is 12.7. The van der Waals surface area contributed by atoms with Crippen LogP contribution in [0.4, 0.5) is 14.9 Å². The van der Waals surface area contributed by atoms with Gasteiger partial charge in [0.2, 0.25) is 5.88 Å². The number of nitrogens with two attached hydrogens (primary N) is 1. The van der Waals surface area contributed by atoms with Crippen LogP contribution in [0.15, 0.2) is 15.5 Å². The molecule has 148 valence electrons. The van der Waals surface area contributed by atoms with Gasteiger partial charge in [0.05, 0.1) is 12.2 Å². The molecule has 0 spiro atoms. The van der Waals surface area contributed by atoms with Crippen molar-refractivity contribution in [3.8, 4) is 5.88 Å². The Morgan fingerprint density at radius 2 is 2.00 bits per heavy atom. The molecule has 0 saturated heterocycles. The van der Waals surface area contributed by atoms with Crippen molar-refractivity contribution in [3.63, 3.8) is 0 Å². The fraction of sp³-hybridized carbons (Fsp3) is 0.444. The van der Waals surface area contributed by atoms with Gasteiger partial charge >= 0.3 is 6.03 Å². The number of aromatic nitrogens is 2. The van der Waals surface area contributed by atoms with E-state index < -0.39 is 15.9 Å². The lowest BCUT2D eigenvalue weighted by molar-refractivity contribution is 0.260. The molecule has 2 atom stereocenters. The van der Waals surface area contributed by atoms with Gasteiger partial charge in [-0.05, 0) is 61.3 Å². The van der Waals surface area contributed by atoms with Crippen LogP contribution in [-0.4, -0.2) is 26.6 Å². The zero-order valence-electron chi connectivity index (χ0n) is 15.3. The van der Waals surface area contributed by atoms with Gasteiger partial charge in [-0.2, -0.15) is 5.10 Å². The van der Waals surface area contributed by atoms with Crippen LogP contribution < -0.4 is 15.2 Å². The highest BCUT2D eigenvalue weighted by Crippen LogP contribution is 2.42. The van der Waals surface area contributed by atoms with Gasteiger partial charge in [-0.15, -0.1) is 4.36 Å². The van der Waals surface area contributed by atoms with Crippen LogP contribution in [0.1, 0.15) is 41.6 Å². The van der Waals surface area contributed by atoms with E-state index in [-0.39, 0.29) is 22.6 Å². The normalized spacial score (nSPS) is 21.0. The second-order valence-corrected chi connectivity index (χ2v) is 9.23. The molecule has 2 aromatic rings. The van der Waals surface area contributed by atoms with Crippen LogP contribution in [0.3, 0.4) is 0 Å². The number of hydrogen-bond acceptors (Lipinski definition) is 4. The second-order valence-electron chi connectivity index (χ2n) is 7.47. The Labute approximate surface area is 161 Å². The van der Waals surface area contributed by atoms with Crippen molar-refractivity contribution >= 4 is 21.6 Å². The van der Waals surface area contributed by atoms with E-state index >= 15 is 0 Å². The zero-order valence-corrected chi connectivity index (χ0v) is 16.1. The van der Waals surface area contributed by atoms with Crippen molar-refractivity contribution in [2.24, 2.45) is 9.50 Å². The number of fused-ring (bicyclic) bond motifs is 3. The van der Waals surface area contributed by atoms with Gasteiger partial charge in [0.1, 0.15) is 17.3 Å². The average molecular weight is 405 g/mol.